The Balaban J connectivity index is 2.50. The second-order valence-corrected chi connectivity index (χ2v) is 6.06. The summed E-state index contributed by atoms with van der Waals surface area (Å²) in [6.45, 7) is 0. The maximum atomic E-state index is 12.2. The normalized spacial score (nSPS) is 12.2. The molecular formula is C15H11ClO4S. The molecule has 2 aromatic carbocycles. The molecule has 0 aliphatic rings. The van der Waals surface area contributed by atoms with E-state index >= 15 is 0 Å². The van der Waals surface area contributed by atoms with E-state index in [1.165, 1.54) is 12.1 Å². The molecule has 2 aromatic rings. The third-order valence-electron chi connectivity index (χ3n) is 2.71. The van der Waals surface area contributed by atoms with Crippen molar-refractivity contribution < 1.29 is 17.8 Å². The van der Waals surface area contributed by atoms with Crippen LogP contribution in [-0.4, -0.2) is 18.8 Å². The van der Waals surface area contributed by atoms with Crippen LogP contribution in [0.5, 0.6) is 0 Å². The SMILES string of the molecule is O=C(C(=Cc1ccc(Cl)cc1)S(=O)(=O)O)c1ccccc1. The van der Waals surface area contributed by atoms with Crippen LogP contribution in [0.1, 0.15) is 15.9 Å². The van der Waals surface area contributed by atoms with Gasteiger partial charge in [-0.05, 0) is 23.8 Å². The lowest BCUT2D eigenvalue weighted by atomic mass is 10.1. The van der Waals surface area contributed by atoms with Crippen molar-refractivity contribution in [3.8, 4) is 0 Å². The number of hydrogen-bond donors (Lipinski definition) is 1. The van der Waals surface area contributed by atoms with Gasteiger partial charge in [0, 0.05) is 10.6 Å². The van der Waals surface area contributed by atoms with E-state index in [1.807, 2.05) is 0 Å². The van der Waals surface area contributed by atoms with E-state index in [0.717, 1.165) is 6.08 Å². The van der Waals surface area contributed by atoms with Crippen LogP contribution in [0.25, 0.3) is 6.08 Å². The predicted molar refractivity (Wildman–Crippen MR) is 81.8 cm³/mol. The molecule has 0 unspecified atom stereocenters. The summed E-state index contributed by atoms with van der Waals surface area (Å²) in [6.07, 6.45) is 1.11. The number of halogens is 1. The molecule has 0 amide bonds. The lowest BCUT2D eigenvalue weighted by Gasteiger charge is -2.04. The Labute approximate surface area is 127 Å². The largest absolute Gasteiger partial charge is 0.298 e. The van der Waals surface area contributed by atoms with E-state index in [0.29, 0.717) is 10.6 Å². The molecule has 21 heavy (non-hydrogen) atoms. The van der Waals surface area contributed by atoms with Crippen LogP contribution in [0, 0.1) is 0 Å². The zero-order valence-electron chi connectivity index (χ0n) is 10.7. The van der Waals surface area contributed by atoms with Crippen molar-refractivity contribution in [1.29, 1.82) is 0 Å². The summed E-state index contributed by atoms with van der Waals surface area (Å²) in [5, 5.41) is 0.481. The van der Waals surface area contributed by atoms with Crippen LogP contribution in [0.3, 0.4) is 0 Å². The molecule has 0 aliphatic heterocycles. The summed E-state index contributed by atoms with van der Waals surface area (Å²) in [7, 11) is -4.64. The van der Waals surface area contributed by atoms with E-state index in [1.54, 1.807) is 42.5 Å². The predicted octanol–water partition coefficient (Wildman–Crippen LogP) is 3.45. The number of carbonyl (C=O) groups is 1. The van der Waals surface area contributed by atoms with Gasteiger partial charge in [-0.1, -0.05) is 54.1 Å². The third-order valence-corrected chi connectivity index (χ3v) is 3.82. The van der Waals surface area contributed by atoms with Crippen molar-refractivity contribution >= 4 is 33.6 Å². The highest BCUT2D eigenvalue weighted by molar-refractivity contribution is 7.91. The Morgan fingerprint density at radius 3 is 2.10 bits per heavy atom. The standard InChI is InChI=1S/C15H11ClO4S/c16-13-8-6-11(7-9-13)10-14(21(18,19)20)15(17)12-4-2-1-3-5-12/h1-10H,(H,18,19,20). The quantitative estimate of drug-likeness (QED) is 0.531. The first-order valence-corrected chi connectivity index (χ1v) is 7.74. The number of benzene rings is 2. The summed E-state index contributed by atoms with van der Waals surface area (Å²) in [4.78, 5) is 11.5. The molecule has 2 rings (SSSR count). The minimum atomic E-state index is -4.64. The van der Waals surface area contributed by atoms with Crippen molar-refractivity contribution in [1.82, 2.24) is 0 Å². The second-order valence-electron chi connectivity index (χ2n) is 4.23. The van der Waals surface area contributed by atoms with Crippen LogP contribution in [-0.2, 0) is 10.1 Å². The number of rotatable bonds is 4. The van der Waals surface area contributed by atoms with Gasteiger partial charge in [0.25, 0.3) is 10.1 Å². The molecule has 0 aromatic heterocycles. The summed E-state index contributed by atoms with van der Waals surface area (Å²) in [6, 6.07) is 14.1. The molecule has 108 valence electrons. The Morgan fingerprint density at radius 1 is 1.00 bits per heavy atom. The highest BCUT2D eigenvalue weighted by Crippen LogP contribution is 2.18. The molecule has 6 heteroatoms. The van der Waals surface area contributed by atoms with Crippen LogP contribution >= 0.6 is 11.6 Å². The molecule has 0 saturated heterocycles. The Kier molecular flexibility index (Phi) is 4.57. The number of carbonyl (C=O) groups excluding carboxylic acids is 1. The third kappa shape index (κ3) is 4.01. The number of ketones is 1. The van der Waals surface area contributed by atoms with Gasteiger partial charge < -0.3 is 0 Å². The van der Waals surface area contributed by atoms with Crippen molar-refractivity contribution in [3.05, 3.63) is 75.7 Å². The molecule has 0 aliphatic carbocycles. The van der Waals surface area contributed by atoms with Gasteiger partial charge in [0.1, 0.15) is 4.91 Å². The van der Waals surface area contributed by atoms with Crippen molar-refractivity contribution in [2.45, 2.75) is 0 Å². The second kappa shape index (κ2) is 6.22. The van der Waals surface area contributed by atoms with Gasteiger partial charge in [-0.15, -0.1) is 0 Å². The topological polar surface area (TPSA) is 71.4 Å². The Bertz CT molecular complexity index is 778. The number of hydrogen-bond acceptors (Lipinski definition) is 3. The fraction of sp³-hybridized carbons (Fsp3) is 0. The molecule has 4 nitrogen and oxygen atoms in total. The smallest absolute Gasteiger partial charge is 0.288 e. The summed E-state index contributed by atoms with van der Waals surface area (Å²) >= 11 is 5.74. The molecule has 0 heterocycles. The summed E-state index contributed by atoms with van der Waals surface area (Å²) in [5.74, 6) is -0.770. The highest BCUT2D eigenvalue weighted by atomic mass is 35.5. The van der Waals surface area contributed by atoms with Crippen molar-refractivity contribution in [3.63, 3.8) is 0 Å². The highest BCUT2D eigenvalue weighted by Gasteiger charge is 2.23. The molecule has 0 radical (unpaired) electrons. The van der Waals surface area contributed by atoms with Crippen molar-refractivity contribution in [2.24, 2.45) is 0 Å². The Morgan fingerprint density at radius 2 is 1.57 bits per heavy atom. The van der Waals surface area contributed by atoms with E-state index in [9.17, 15) is 17.8 Å². The van der Waals surface area contributed by atoms with Gasteiger partial charge in [-0.2, -0.15) is 8.42 Å². The molecule has 1 N–H and O–H groups in total. The van der Waals surface area contributed by atoms with E-state index < -0.39 is 20.8 Å². The molecular weight excluding hydrogens is 312 g/mol. The van der Waals surface area contributed by atoms with Crippen LogP contribution in [0.2, 0.25) is 5.02 Å². The molecule has 0 atom stereocenters. The van der Waals surface area contributed by atoms with Gasteiger partial charge in [0.15, 0.2) is 0 Å². The molecule has 0 bridgehead atoms. The first kappa shape index (κ1) is 15.4. The van der Waals surface area contributed by atoms with Crippen molar-refractivity contribution in [2.75, 3.05) is 0 Å². The minimum Gasteiger partial charge on any atom is -0.288 e. The van der Waals surface area contributed by atoms with Gasteiger partial charge in [0.2, 0.25) is 5.78 Å². The lowest BCUT2D eigenvalue weighted by molar-refractivity contribution is 0.104. The average molecular weight is 323 g/mol. The van der Waals surface area contributed by atoms with E-state index in [4.69, 9.17) is 11.6 Å². The van der Waals surface area contributed by atoms with Gasteiger partial charge in [0.05, 0.1) is 0 Å². The van der Waals surface area contributed by atoms with E-state index in [2.05, 4.69) is 0 Å². The van der Waals surface area contributed by atoms with Crippen LogP contribution in [0.4, 0.5) is 0 Å². The fourth-order valence-corrected chi connectivity index (χ4v) is 2.46. The summed E-state index contributed by atoms with van der Waals surface area (Å²) in [5.41, 5.74) is 0.617. The van der Waals surface area contributed by atoms with Gasteiger partial charge in [-0.25, -0.2) is 0 Å². The van der Waals surface area contributed by atoms with E-state index in [-0.39, 0.29) is 5.56 Å². The average Bonchev–Trinajstić information content (AvgIpc) is 2.45. The summed E-state index contributed by atoms with van der Waals surface area (Å²) < 4.78 is 32.2. The zero-order chi connectivity index (χ0) is 15.5. The fourth-order valence-electron chi connectivity index (χ4n) is 1.70. The lowest BCUT2D eigenvalue weighted by Crippen LogP contribution is -2.13. The first-order valence-electron chi connectivity index (χ1n) is 5.92. The van der Waals surface area contributed by atoms with Crippen LogP contribution < -0.4 is 0 Å². The maximum absolute atomic E-state index is 12.2. The zero-order valence-corrected chi connectivity index (χ0v) is 12.3. The first-order chi connectivity index (χ1) is 9.88. The van der Waals surface area contributed by atoms with Crippen LogP contribution in [0.15, 0.2) is 59.5 Å². The van der Waals surface area contributed by atoms with Gasteiger partial charge >= 0.3 is 0 Å². The minimum absolute atomic E-state index is 0.176. The molecule has 0 saturated carbocycles. The van der Waals surface area contributed by atoms with Gasteiger partial charge in [-0.3, -0.25) is 9.35 Å². The Hall–Kier alpha value is -1.95. The monoisotopic (exact) mass is 322 g/mol. The molecule has 0 spiro atoms. The number of allylic oxidation sites excluding steroid dienone is 1. The maximum Gasteiger partial charge on any atom is 0.298 e. The number of Topliss-reactive ketones (excluding diaryl/α,β-unsaturated/α-hetero) is 1. The molecule has 0 fully saturated rings.